The zero-order chi connectivity index (χ0) is 32.6. The van der Waals surface area contributed by atoms with Gasteiger partial charge >= 0.3 is 5.97 Å². The highest BCUT2D eigenvalue weighted by atomic mass is 35.5. The highest BCUT2D eigenvalue weighted by Gasteiger charge is 2.44. The van der Waals surface area contributed by atoms with Crippen LogP contribution in [0.4, 0.5) is 5.69 Å². The molecule has 1 fully saturated rings. The number of sulfonamides is 1. The van der Waals surface area contributed by atoms with Crippen LogP contribution in [0.25, 0.3) is 0 Å². The van der Waals surface area contributed by atoms with Crippen LogP contribution in [0, 0.1) is 17.8 Å². The van der Waals surface area contributed by atoms with Gasteiger partial charge in [-0.15, -0.1) is 0 Å². The third-order valence-electron chi connectivity index (χ3n) is 10.6. The number of nitrogens with zero attached hydrogens (tertiary/aromatic N) is 1. The Bertz CT molecular complexity index is 1630. The molecule has 2 bridgehead atoms. The largest absolute Gasteiger partial charge is 0.490 e. The van der Waals surface area contributed by atoms with Crippen molar-refractivity contribution in [3.8, 4) is 5.75 Å². The van der Waals surface area contributed by atoms with Gasteiger partial charge < -0.3 is 19.1 Å². The van der Waals surface area contributed by atoms with E-state index in [0.717, 1.165) is 49.4 Å². The molecule has 6 atom stereocenters. The first-order valence-electron chi connectivity index (χ1n) is 16.2. The van der Waals surface area contributed by atoms with E-state index in [0.29, 0.717) is 31.2 Å². The summed E-state index contributed by atoms with van der Waals surface area (Å²) in [4.78, 5) is 28.2. The summed E-state index contributed by atoms with van der Waals surface area (Å²) >= 11 is 6.41. The maximum atomic E-state index is 13.7. The predicted molar refractivity (Wildman–Crippen MR) is 177 cm³/mol. The Labute approximate surface area is 276 Å². The number of benzene rings is 2. The molecular weight excluding hydrogens is 628 g/mol. The topological polar surface area (TPSA) is 111 Å². The van der Waals surface area contributed by atoms with Gasteiger partial charge in [0.2, 0.25) is 10.0 Å². The second-order valence-corrected chi connectivity index (χ2v) is 15.8. The Morgan fingerprint density at radius 1 is 1.17 bits per heavy atom. The molecule has 1 amide bonds. The molecule has 2 aromatic rings. The highest BCUT2D eigenvalue weighted by molar-refractivity contribution is 7.90. The SMILES string of the molecule is COC(=O)C[C@@H]1[C@@H](C)C/C=C\[C@H](OC)[C@@H]2CC[C@H]2CN2C[C@@]3(CCCc4cc(Cl)ccc43)COc3ccc(cc32)C(=O)NS1(=O)=O. The van der Waals surface area contributed by atoms with Gasteiger partial charge in [0.05, 0.1) is 37.2 Å². The number of hydrogen-bond acceptors (Lipinski definition) is 8. The van der Waals surface area contributed by atoms with E-state index in [9.17, 15) is 18.0 Å². The van der Waals surface area contributed by atoms with Crippen LogP contribution in [-0.2, 0) is 36.1 Å². The molecule has 9 nitrogen and oxygen atoms in total. The molecule has 6 rings (SSSR count). The lowest BCUT2D eigenvalue weighted by Gasteiger charge is -2.46. The second kappa shape index (κ2) is 13.2. The van der Waals surface area contributed by atoms with Crippen LogP contribution >= 0.6 is 11.6 Å². The van der Waals surface area contributed by atoms with Gasteiger partial charge in [-0.3, -0.25) is 9.59 Å². The highest BCUT2D eigenvalue weighted by Crippen LogP contribution is 2.47. The summed E-state index contributed by atoms with van der Waals surface area (Å²) in [6.07, 6.45) is 8.88. The van der Waals surface area contributed by atoms with Crippen molar-refractivity contribution in [3.05, 3.63) is 70.3 Å². The van der Waals surface area contributed by atoms with Crippen molar-refractivity contribution in [2.45, 2.75) is 68.6 Å². The molecule has 248 valence electrons. The Kier molecular flexibility index (Phi) is 9.43. The van der Waals surface area contributed by atoms with Gasteiger partial charge in [0.25, 0.3) is 5.91 Å². The van der Waals surface area contributed by atoms with Crippen LogP contribution < -0.4 is 14.4 Å². The minimum Gasteiger partial charge on any atom is -0.490 e. The lowest BCUT2D eigenvalue weighted by Crippen LogP contribution is -2.49. The van der Waals surface area contributed by atoms with Crippen molar-refractivity contribution >= 4 is 39.2 Å². The fraction of sp³-hybridized carbons (Fsp3) is 0.543. The van der Waals surface area contributed by atoms with Crippen molar-refractivity contribution in [2.75, 3.05) is 38.8 Å². The molecule has 46 heavy (non-hydrogen) atoms. The van der Waals surface area contributed by atoms with Gasteiger partial charge in [0.1, 0.15) is 5.75 Å². The number of allylic oxidation sites excluding steroid dienone is 1. The minimum atomic E-state index is -4.25. The number of halogens is 1. The van der Waals surface area contributed by atoms with Crippen molar-refractivity contribution in [1.29, 1.82) is 0 Å². The number of methoxy groups -OCH3 is 2. The van der Waals surface area contributed by atoms with Crippen LogP contribution in [0.5, 0.6) is 5.75 Å². The van der Waals surface area contributed by atoms with Gasteiger partial charge in [-0.2, -0.15) is 0 Å². The summed E-state index contributed by atoms with van der Waals surface area (Å²) in [5, 5.41) is -0.442. The van der Waals surface area contributed by atoms with Gasteiger partial charge in [0.15, 0.2) is 0 Å². The molecule has 0 saturated heterocycles. The molecule has 0 radical (unpaired) electrons. The minimum absolute atomic E-state index is 0.130. The first kappa shape index (κ1) is 32.8. The molecule has 1 spiro atoms. The molecule has 4 aliphatic rings. The average Bonchev–Trinajstić information content (AvgIpc) is 3.17. The monoisotopic (exact) mass is 670 g/mol. The zero-order valence-corrected chi connectivity index (χ0v) is 28.2. The van der Waals surface area contributed by atoms with E-state index in [2.05, 4.69) is 21.8 Å². The molecule has 0 unspecified atom stereocenters. The van der Waals surface area contributed by atoms with Crippen molar-refractivity contribution in [1.82, 2.24) is 4.72 Å². The molecule has 1 N–H and O–H groups in total. The van der Waals surface area contributed by atoms with E-state index in [1.54, 1.807) is 32.2 Å². The number of carbonyl (C=O) groups is 2. The maximum Gasteiger partial charge on any atom is 0.306 e. The van der Waals surface area contributed by atoms with Crippen molar-refractivity contribution < 1.29 is 32.2 Å². The van der Waals surface area contributed by atoms with Crippen LogP contribution in [0.3, 0.4) is 0 Å². The number of aryl methyl sites for hydroxylation is 1. The quantitative estimate of drug-likeness (QED) is 0.340. The summed E-state index contributed by atoms with van der Waals surface area (Å²) in [5.41, 5.74) is 3.19. The molecule has 2 heterocycles. The fourth-order valence-electron chi connectivity index (χ4n) is 7.90. The van der Waals surface area contributed by atoms with E-state index in [1.807, 2.05) is 18.2 Å². The number of rotatable bonds is 3. The van der Waals surface area contributed by atoms with Crippen LogP contribution in [0.2, 0.25) is 5.02 Å². The molecular formula is C35H43ClN2O7S. The lowest BCUT2D eigenvalue weighted by atomic mass is 9.68. The van der Waals surface area contributed by atoms with Gasteiger partial charge in [-0.05, 0) is 97.7 Å². The van der Waals surface area contributed by atoms with Crippen LogP contribution in [0.1, 0.15) is 66.9 Å². The van der Waals surface area contributed by atoms with E-state index in [-0.39, 0.29) is 29.4 Å². The normalized spacial score (nSPS) is 31.3. The Hall–Kier alpha value is -3.08. The summed E-state index contributed by atoms with van der Waals surface area (Å²) in [6, 6.07) is 11.3. The standard InChI is InChI=1S/C35H43ClN2O7S/c1-22-6-4-8-30(43-2)27-12-9-25(27)19-38-20-35(15-5-7-23-16-26(36)11-13-28(23)35)21-45-31-14-10-24(17-29(31)38)34(40)37-46(41,42)32(22)18-33(39)44-3/h4,8,10-11,13-14,16-17,22,25,27,30,32H,5-7,9,12,15,18-21H2,1-3H3,(H,37,40)/b8-4-/t22-,25-,27+,30-,32+,35-/m0/s1. The maximum absolute atomic E-state index is 13.7. The van der Waals surface area contributed by atoms with Gasteiger partial charge in [-0.25, -0.2) is 13.1 Å². The van der Waals surface area contributed by atoms with Crippen molar-refractivity contribution in [3.63, 3.8) is 0 Å². The Morgan fingerprint density at radius 3 is 2.74 bits per heavy atom. The smallest absolute Gasteiger partial charge is 0.306 e. The molecule has 0 aromatic heterocycles. The van der Waals surface area contributed by atoms with E-state index < -0.39 is 33.1 Å². The molecule has 1 saturated carbocycles. The molecule has 2 aliphatic carbocycles. The summed E-state index contributed by atoms with van der Waals surface area (Å²) < 4.78 is 46.9. The number of esters is 1. The summed E-state index contributed by atoms with van der Waals surface area (Å²) in [6.45, 7) is 3.69. The first-order valence-corrected chi connectivity index (χ1v) is 18.1. The molecule has 2 aromatic carbocycles. The van der Waals surface area contributed by atoms with E-state index >= 15 is 0 Å². The third-order valence-corrected chi connectivity index (χ3v) is 12.8. The van der Waals surface area contributed by atoms with E-state index in [1.165, 1.54) is 18.2 Å². The Morgan fingerprint density at radius 2 is 2.00 bits per heavy atom. The second-order valence-electron chi connectivity index (χ2n) is 13.4. The lowest BCUT2D eigenvalue weighted by molar-refractivity contribution is -0.140. The fourth-order valence-corrected chi connectivity index (χ4v) is 9.70. The van der Waals surface area contributed by atoms with Gasteiger partial charge in [-0.1, -0.05) is 36.7 Å². The molecule has 2 aliphatic heterocycles. The van der Waals surface area contributed by atoms with Crippen LogP contribution in [-0.4, -0.2) is 65.6 Å². The third kappa shape index (κ3) is 6.40. The van der Waals surface area contributed by atoms with E-state index in [4.69, 9.17) is 25.8 Å². The Balaban J connectivity index is 1.42. The number of hydrogen-bond donors (Lipinski definition) is 1. The predicted octanol–water partition coefficient (Wildman–Crippen LogP) is 5.44. The van der Waals surface area contributed by atoms with Crippen molar-refractivity contribution in [2.24, 2.45) is 17.8 Å². The summed E-state index contributed by atoms with van der Waals surface area (Å²) in [5.74, 6) is -0.574. The first-order chi connectivity index (χ1) is 22.0. The van der Waals surface area contributed by atoms with Gasteiger partial charge in [0, 0.05) is 36.2 Å². The number of fused-ring (bicyclic) bond motifs is 4. The van der Waals surface area contributed by atoms with Crippen LogP contribution in [0.15, 0.2) is 48.6 Å². The number of anilines is 1. The molecule has 11 heteroatoms. The average molecular weight is 671 g/mol. The number of amides is 1. The number of nitrogens with one attached hydrogen (secondary N) is 1. The number of carbonyl (C=O) groups excluding carboxylic acids is 2. The summed E-state index contributed by atoms with van der Waals surface area (Å²) in [7, 11) is -1.32. The number of ether oxygens (including phenoxy) is 3. The zero-order valence-electron chi connectivity index (χ0n) is 26.7.